The molecule has 0 fully saturated rings. The van der Waals surface area contributed by atoms with Crippen molar-refractivity contribution in [1.82, 2.24) is 0 Å². The molecule has 0 saturated heterocycles. The number of halogens is 3. The second-order valence-corrected chi connectivity index (χ2v) is 5.56. The first-order valence-corrected chi connectivity index (χ1v) is 7.09. The van der Waals surface area contributed by atoms with Crippen LogP contribution in [0.25, 0.3) is 0 Å². The van der Waals surface area contributed by atoms with Crippen molar-refractivity contribution in [1.29, 1.82) is 0 Å². The highest BCUT2D eigenvalue weighted by Gasteiger charge is 2.41. The van der Waals surface area contributed by atoms with Gasteiger partial charge in [-0.1, -0.05) is 35.9 Å². The predicted octanol–water partition coefficient (Wildman–Crippen LogP) is 4.94. The predicted molar refractivity (Wildman–Crippen MR) is 81.8 cm³/mol. The molecular weight excluding hydrogens is 305 g/mol. The molecule has 0 unspecified atom stereocenters. The van der Waals surface area contributed by atoms with E-state index in [1.54, 1.807) is 19.9 Å². The van der Waals surface area contributed by atoms with E-state index < -0.39 is 17.5 Å². The highest BCUT2D eigenvalue weighted by atomic mass is 19.4. The van der Waals surface area contributed by atoms with Gasteiger partial charge in [0, 0.05) is 0 Å². The maximum atomic E-state index is 12.8. The molecule has 2 aromatic carbocycles. The number of alkyl halides is 3. The van der Waals surface area contributed by atoms with Crippen molar-refractivity contribution < 1.29 is 22.7 Å². The average Bonchev–Trinajstić information content (AvgIpc) is 2.45. The van der Waals surface area contributed by atoms with Crippen LogP contribution in [0.5, 0.6) is 5.75 Å². The zero-order chi connectivity index (χ0) is 17.2. The van der Waals surface area contributed by atoms with Gasteiger partial charge in [-0.05, 0) is 43.5 Å². The van der Waals surface area contributed by atoms with Crippen LogP contribution in [0.1, 0.15) is 32.6 Å². The van der Waals surface area contributed by atoms with Gasteiger partial charge in [-0.3, -0.25) is 4.79 Å². The van der Waals surface area contributed by atoms with Gasteiger partial charge in [0.25, 0.3) is 5.78 Å². The standard InChI is InChI=1S/C18H17F3O2/c1-11-4-6-14(7-5-11)10-23-16-13(3)8-12(2)9-15(16)17(22)18(19,20)21/h4-9H,10H2,1-3H3. The van der Waals surface area contributed by atoms with Gasteiger partial charge in [-0.2, -0.15) is 13.2 Å². The van der Waals surface area contributed by atoms with Gasteiger partial charge < -0.3 is 4.74 Å². The molecule has 0 atom stereocenters. The summed E-state index contributed by atoms with van der Waals surface area (Å²) in [6.45, 7) is 5.31. The maximum absolute atomic E-state index is 12.8. The van der Waals surface area contributed by atoms with Crippen molar-refractivity contribution in [3.63, 3.8) is 0 Å². The summed E-state index contributed by atoms with van der Waals surface area (Å²) in [4.78, 5) is 11.6. The number of rotatable bonds is 4. The summed E-state index contributed by atoms with van der Waals surface area (Å²) in [5, 5.41) is 0. The minimum absolute atomic E-state index is 0.0153. The van der Waals surface area contributed by atoms with Crippen molar-refractivity contribution >= 4 is 5.78 Å². The molecule has 0 aromatic heterocycles. The van der Waals surface area contributed by atoms with Crippen LogP contribution >= 0.6 is 0 Å². The van der Waals surface area contributed by atoms with Crippen LogP contribution in [-0.4, -0.2) is 12.0 Å². The van der Waals surface area contributed by atoms with Crippen molar-refractivity contribution in [2.45, 2.75) is 33.6 Å². The Labute approximate surface area is 132 Å². The van der Waals surface area contributed by atoms with E-state index in [0.29, 0.717) is 11.1 Å². The molecule has 0 N–H and O–H groups in total. The Morgan fingerprint density at radius 2 is 1.61 bits per heavy atom. The third-order valence-corrected chi connectivity index (χ3v) is 3.42. The van der Waals surface area contributed by atoms with Crippen molar-refractivity contribution in [3.8, 4) is 5.75 Å². The zero-order valence-corrected chi connectivity index (χ0v) is 13.1. The number of hydrogen-bond acceptors (Lipinski definition) is 2. The third-order valence-electron chi connectivity index (χ3n) is 3.42. The maximum Gasteiger partial charge on any atom is 0.455 e. The number of benzene rings is 2. The Hall–Kier alpha value is -2.30. The molecule has 0 heterocycles. The van der Waals surface area contributed by atoms with E-state index in [4.69, 9.17) is 4.74 Å². The fourth-order valence-corrected chi connectivity index (χ4v) is 2.31. The number of Topliss-reactive ketones (excluding diaryl/α,β-unsaturated/α-hetero) is 1. The van der Waals surface area contributed by atoms with Gasteiger partial charge in [0.1, 0.15) is 12.4 Å². The van der Waals surface area contributed by atoms with Crippen LogP contribution in [0.3, 0.4) is 0 Å². The van der Waals surface area contributed by atoms with E-state index in [-0.39, 0.29) is 12.4 Å². The lowest BCUT2D eigenvalue weighted by atomic mass is 10.0. The molecule has 0 aliphatic carbocycles. The van der Waals surface area contributed by atoms with Gasteiger partial charge in [0.2, 0.25) is 0 Å². The second-order valence-electron chi connectivity index (χ2n) is 5.56. The summed E-state index contributed by atoms with van der Waals surface area (Å²) in [6.07, 6.45) is -4.93. The lowest BCUT2D eigenvalue weighted by Gasteiger charge is -2.16. The first-order chi connectivity index (χ1) is 10.7. The Balaban J connectivity index is 2.33. The van der Waals surface area contributed by atoms with Crippen LogP contribution in [0.4, 0.5) is 13.2 Å². The molecule has 2 nitrogen and oxygen atoms in total. The summed E-state index contributed by atoms with van der Waals surface area (Å²) in [5.41, 5.74) is 2.54. The molecule has 0 spiro atoms. The fraction of sp³-hybridized carbons (Fsp3) is 0.278. The summed E-state index contributed by atoms with van der Waals surface area (Å²) >= 11 is 0. The summed E-state index contributed by atoms with van der Waals surface area (Å²) < 4.78 is 43.9. The number of ether oxygens (including phenoxy) is 1. The van der Waals surface area contributed by atoms with E-state index in [1.807, 2.05) is 31.2 Å². The minimum atomic E-state index is -4.93. The van der Waals surface area contributed by atoms with Crippen molar-refractivity contribution in [2.75, 3.05) is 0 Å². The normalized spacial score (nSPS) is 11.4. The van der Waals surface area contributed by atoms with Gasteiger partial charge >= 0.3 is 6.18 Å². The van der Waals surface area contributed by atoms with E-state index in [0.717, 1.165) is 11.1 Å². The Morgan fingerprint density at radius 3 is 2.17 bits per heavy atom. The number of ketones is 1. The molecule has 0 aliphatic rings. The molecule has 2 rings (SSSR count). The van der Waals surface area contributed by atoms with E-state index in [1.165, 1.54) is 6.07 Å². The van der Waals surface area contributed by atoms with Gasteiger partial charge in [0.05, 0.1) is 5.56 Å². The Kier molecular flexibility index (Phi) is 4.78. The van der Waals surface area contributed by atoms with Crippen LogP contribution in [-0.2, 0) is 6.61 Å². The first kappa shape index (κ1) is 17.1. The number of hydrogen-bond donors (Lipinski definition) is 0. The van der Waals surface area contributed by atoms with Crippen molar-refractivity contribution in [2.24, 2.45) is 0 Å². The molecule has 5 heteroatoms. The number of carbonyl (C=O) groups excluding carboxylic acids is 1. The smallest absolute Gasteiger partial charge is 0.455 e. The monoisotopic (exact) mass is 322 g/mol. The van der Waals surface area contributed by atoms with Crippen LogP contribution in [0.2, 0.25) is 0 Å². The second kappa shape index (κ2) is 6.44. The van der Waals surface area contributed by atoms with Crippen LogP contribution in [0.15, 0.2) is 36.4 Å². The van der Waals surface area contributed by atoms with E-state index in [2.05, 4.69) is 0 Å². The lowest BCUT2D eigenvalue weighted by molar-refractivity contribution is -0.0886. The quantitative estimate of drug-likeness (QED) is 0.746. The van der Waals surface area contributed by atoms with Gasteiger partial charge in [-0.15, -0.1) is 0 Å². The average molecular weight is 322 g/mol. The molecule has 0 aliphatic heterocycles. The molecule has 0 saturated carbocycles. The first-order valence-electron chi connectivity index (χ1n) is 7.09. The molecule has 122 valence electrons. The summed E-state index contributed by atoms with van der Waals surface area (Å²) in [5.74, 6) is -1.90. The highest BCUT2D eigenvalue weighted by molar-refractivity contribution is 6.03. The Bertz CT molecular complexity index is 716. The zero-order valence-electron chi connectivity index (χ0n) is 13.1. The topological polar surface area (TPSA) is 26.3 Å². The SMILES string of the molecule is Cc1ccc(COc2c(C)cc(C)cc2C(=O)C(F)(F)F)cc1. The largest absolute Gasteiger partial charge is 0.488 e. The highest BCUT2D eigenvalue weighted by Crippen LogP contribution is 2.32. The van der Waals surface area contributed by atoms with Gasteiger partial charge in [0.15, 0.2) is 0 Å². The molecule has 0 bridgehead atoms. The van der Waals surface area contributed by atoms with E-state index in [9.17, 15) is 18.0 Å². The van der Waals surface area contributed by atoms with Gasteiger partial charge in [-0.25, -0.2) is 0 Å². The Morgan fingerprint density at radius 1 is 1.00 bits per heavy atom. The summed E-state index contributed by atoms with van der Waals surface area (Å²) in [6, 6.07) is 10.4. The third kappa shape index (κ3) is 4.12. The minimum Gasteiger partial charge on any atom is -0.488 e. The molecule has 2 aromatic rings. The van der Waals surface area contributed by atoms with E-state index >= 15 is 0 Å². The summed E-state index contributed by atoms with van der Waals surface area (Å²) in [7, 11) is 0. The lowest BCUT2D eigenvalue weighted by Crippen LogP contribution is -2.24. The van der Waals surface area contributed by atoms with Crippen molar-refractivity contribution in [3.05, 3.63) is 64.2 Å². The number of carbonyl (C=O) groups is 1. The molecular formula is C18H17F3O2. The molecule has 0 amide bonds. The van der Waals surface area contributed by atoms with Crippen LogP contribution in [0, 0.1) is 20.8 Å². The number of aryl methyl sites for hydroxylation is 3. The molecule has 23 heavy (non-hydrogen) atoms. The molecule has 0 radical (unpaired) electrons. The van der Waals surface area contributed by atoms with Crippen LogP contribution < -0.4 is 4.74 Å². The fourth-order valence-electron chi connectivity index (χ4n) is 2.31.